The number of aryl methyl sites for hydroxylation is 1. The Hall–Kier alpha value is -3.12. The number of carbonyl (C=O) groups is 2. The van der Waals surface area contributed by atoms with E-state index in [-0.39, 0.29) is 34.9 Å². The molecule has 2 aliphatic carbocycles. The molecule has 0 aliphatic heterocycles. The highest BCUT2D eigenvalue weighted by atomic mass is 32.1. The van der Waals surface area contributed by atoms with Crippen LogP contribution in [0.15, 0.2) is 23.0 Å². The Labute approximate surface area is 241 Å². The number of ether oxygens (including phenoxy) is 2. The Bertz CT molecular complexity index is 1330. The molecule has 0 bridgehead atoms. The predicted octanol–water partition coefficient (Wildman–Crippen LogP) is 5.58. The minimum Gasteiger partial charge on any atom is -0.473 e. The largest absolute Gasteiger partial charge is 0.473 e. The van der Waals surface area contributed by atoms with Gasteiger partial charge in [0.1, 0.15) is 11.0 Å². The molecule has 2 aromatic rings. The molecule has 2 fully saturated rings. The van der Waals surface area contributed by atoms with E-state index in [1.165, 1.54) is 29.2 Å². The summed E-state index contributed by atoms with van der Waals surface area (Å²) >= 11 is 1.29. The molecule has 2 aromatic heterocycles. The molecule has 0 unspecified atom stereocenters. The summed E-state index contributed by atoms with van der Waals surface area (Å²) in [4.78, 5) is 41.9. The second kappa shape index (κ2) is 12.6. The van der Waals surface area contributed by atoms with Crippen LogP contribution in [-0.4, -0.2) is 40.9 Å². The number of hydrogen-bond donors (Lipinski definition) is 0. The van der Waals surface area contributed by atoms with E-state index in [9.17, 15) is 14.4 Å². The van der Waals surface area contributed by atoms with Crippen molar-refractivity contribution in [1.82, 2.24) is 9.78 Å². The number of rotatable bonds is 6. The Morgan fingerprint density at radius 1 is 1.07 bits per heavy atom. The molecular weight excluding hydrogens is 526 g/mol. The SMILES string of the molecule is COC(=O)c1sc(C#CC(C)(C)C)cc1N(C(=O)[C@H]1CC[C@H](C)CC1)[C@H]1CC[C@@H](Oc2ccc(=O)n(C)n2)CC1. The van der Waals surface area contributed by atoms with Crippen LogP contribution >= 0.6 is 11.3 Å². The van der Waals surface area contributed by atoms with Gasteiger partial charge < -0.3 is 14.4 Å². The summed E-state index contributed by atoms with van der Waals surface area (Å²) in [5, 5.41) is 4.20. The molecule has 40 heavy (non-hydrogen) atoms. The van der Waals surface area contributed by atoms with Crippen molar-refractivity contribution in [2.75, 3.05) is 12.0 Å². The number of nitrogens with zero attached hydrogens (tertiary/aromatic N) is 3. The second-order valence-electron chi connectivity index (χ2n) is 12.2. The molecule has 0 spiro atoms. The van der Waals surface area contributed by atoms with Gasteiger partial charge in [-0.15, -0.1) is 16.4 Å². The fourth-order valence-electron chi connectivity index (χ4n) is 5.44. The monoisotopic (exact) mass is 567 g/mol. The van der Waals surface area contributed by atoms with E-state index in [0.717, 1.165) is 56.2 Å². The Morgan fingerprint density at radius 3 is 2.35 bits per heavy atom. The van der Waals surface area contributed by atoms with Crippen LogP contribution in [0.5, 0.6) is 5.88 Å². The fourth-order valence-corrected chi connectivity index (χ4v) is 6.37. The molecular formula is C31H41N3O5S. The average molecular weight is 568 g/mol. The molecule has 9 heteroatoms. The zero-order chi connectivity index (χ0) is 29.0. The highest BCUT2D eigenvalue weighted by Crippen LogP contribution is 2.39. The highest BCUT2D eigenvalue weighted by molar-refractivity contribution is 7.15. The van der Waals surface area contributed by atoms with Gasteiger partial charge in [0, 0.05) is 36.6 Å². The first-order valence-corrected chi connectivity index (χ1v) is 15.1. The van der Waals surface area contributed by atoms with Gasteiger partial charge in [0.05, 0.1) is 17.7 Å². The minimum absolute atomic E-state index is 0.0607. The van der Waals surface area contributed by atoms with Crippen LogP contribution in [-0.2, 0) is 16.6 Å². The lowest BCUT2D eigenvalue weighted by Gasteiger charge is -2.39. The number of thiophene rings is 1. The lowest BCUT2D eigenvalue weighted by molar-refractivity contribution is -0.124. The lowest BCUT2D eigenvalue weighted by atomic mass is 9.81. The molecule has 4 rings (SSSR count). The first-order chi connectivity index (χ1) is 18.9. The lowest BCUT2D eigenvalue weighted by Crippen LogP contribution is -2.47. The molecule has 216 valence electrons. The smallest absolute Gasteiger partial charge is 0.350 e. The van der Waals surface area contributed by atoms with E-state index in [4.69, 9.17) is 9.47 Å². The van der Waals surface area contributed by atoms with Gasteiger partial charge in [-0.1, -0.05) is 18.8 Å². The van der Waals surface area contributed by atoms with E-state index in [0.29, 0.717) is 22.4 Å². The maximum absolute atomic E-state index is 14.2. The van der Waals surface area contributed by atoms with Crippen LogP contribution < -0.4 is 15.2 Å². The zero-order valence-corrected chi connectivity index (χ0v) is 25.3. The third-order valence-electron chi connectivity index (χ3n) is 7.74. The average Bonchev–Trinajstić information content (AvgIpc) is 3.34. The number of anilines is 1. The molecule has 0 saturated heterocycles. The highest BCUT2D eigenvalue weighted by Gasteiger charge is 2.38. The van der Waals surface area contributed by atoms with Crippen LogP contribution in [0.25, 0.3) is 0 Å². The Kier molecular flexibility index (Phi) is 9.40. The Morgan fingerprint density at radius 2 is 1.75 bits per heavy atom. The molecule has 0 aromatic carbocycles. The van der Waals surface area contributed by atoms with Crippen LogP contribution in [0, 0.1) is 29.1 Å². The third kappa shape index (κ3) is 7.34. The molecule has 2 heterocycles. The molecule has 0 radical (unpaired) electrons. The van der Waals surface area contributed by atoms with Crippen LogP contribution in [0.1, 0.15) is 93.6 Å². The van der Waals surface area contributed by atoms with Gasteiger partial charge in [-0.3, -0.25) is 9.59 Å². The molecule has 2 saturated carbocycles. The van der Waals surface area contributed by atoms with Crippen molar-refractivity contribution in [3.8, 4) is 17.7 Å². The normalized spacial score (nSPS) is 23.1. The van der Waals surface area contributed by atoms with Crippen molar-refractivity contribution in [2.24, 2.45) is 24.3 Å². The first kappa shape index (κ1) is 29.9. The number of aromatic nitrogens is 2. The quantitative estimate of drug-likeness (QED) is 0.335. The van der Waals surface area contributed by atoms with Crippen molar-refractivity contribution < 1.29 is 19.1 Å². The molecule has 0 atom stereocenters. The molecule has 1 amide bonds. The summed E-state index contributed by atoms with van der Waals surface area (Å²) in [5.41, 5.74) is 0.233. The van der Waals surface area contributed by atoms with Crippen LogP contribution in [0.3, 0.4) is 0 Å². The second-order valence-corrected chi connectivity index (χ2v) is 13.2. The maximum Gasteiger partial charge on any atom is 0.350 e. The van der Waals surface area contributed by atoms with Gasteiger partial charge in [0.15, 0.2) is 0 Å². The van der Waals surface area contributed by atoms with Crippen molar-refractivity contribution >= 4 is 28.9 Å². The van der Waals surface area contributed by atoms with Gasteiger partial charge in [0.2, 0.25) is 11.8 Å². The topological polar surface area (TPSA) is 90.7 Å². The van der Waals surface area contributed by atoms with E-state index >= 15 is 0 Å². The van der Waals surface area contributed by atoms with Crippen molar-refractivity contribution in [1.29, 1.82) is 0 Å². The van der Waals surface area contributed by atoms with Gasteiger partial charge >= 0.3 is 5.97 Å². The van der Waals surface area contributed by atoms with Crippen molar-refractivity contribution in [3.05, 3.63) is 38.3 Å². The number of hydrogen-bond acceptors (Lipinski definition) is 7. The van der Waals surface area contributed by atoms with E-state index in [1.807, 2.05) is 31.7 Å². The van der Waals surface area contributed by atoms with Gasteiger partial charge in [-0.2, -0.15) is 0 Å². The van der Waals surface area contributed by atoms with Crippen molar-refractivity contribution in [2.45, 2.75) is 91.2 Å². The molecule has 8 nitrogen and oxygen atoms in total. The molecule has 0 N–H and O–H groups in total. The molecule has 2 aliphatic rings. The predicted molar refractivity (Wildman–Crippen MR) is 157 cm³/mol. The zero-order valence-electron chi connectivity index (χ0n) is 24.5. The summed E-state index contributed by atoms with van der Waals surface area (Å²) in [5.74, 6) is 7.10. The van der Waals surface area contributed by atoms with Gasteiger partial charge in [-0.25, -0.2) is 9.48 Å². The summed E-state index contributed by atoms with van der Waals surface area (Å²) in [7, 11) is 2.97. The summed E-state index contributed by atoms with van der Waals surface area (Å²) in [6, 6.07) is 4.88. The van der Waals surface area contributed by atoms with E-state index in [1.54, 1.807) is 13.1 Å². The standard InChI is InChI=1S/C31H41N3O5S/c1-20-7-9-21(10-8-20)29(36)34(25-19-24(17-18-31(2,3)4)40-28(25)30(37)38-6)22-11-13-23(14-12-22)39-26-15-16-27(35)33(5)32-26/h15-16,19-23H,7-14H2,1-6H3/t20-,21-,22-,23+. The number of amides is 1. The van der Waals surface area contributed by atoms with E-state index < -0.39 is 5.97 Å². The minimum atomic E-state index is -0.448. The number of methoxy groups -OCH3 is 1. The summed E-state index contributed by atoms with van der Waals surface area (Å²) in [6.45, 7) is 8.37. The fraction of sp³-hybridized carbons (Fsp3) is 0.613. The van der Waals surface area contributed by atoms with Crippen LogP contribution in [0.4, 0.5) is 5.69 Å². The first-order valence-electron chi connectivity index (χ1n) is 14.2. The van der Waals surface area contributed by atoms with Crippen molar-refractivity contribution in [3.63, 3.8) is 0 Å². The van der Waals surface area contributed by atoms with E-state index in [2.05, 4.69) is 23.9 Å². The van der Waals surface area contributed by atoms with Gasteiger partial charge in [-0.05, 0) is 84.1 Å². The Balaban J connectivity index is 1.62. The summed E-state index contributed by atoms with van der Waals surface area (Å²) < 4.78 is 12.5. The summed E-state index contributed by atoms with van der Waals surface area (Å²) in [6.07, 6.45) is 6.65. The van der Waals surface area contributed by atoms with Gasteiger partial charge in [0.25, 0.3) is 5.56 Å². The number of esters is 1. The maximum atomic E-state index is 14.2. The van der Waals surface area contributed by atoms with Crippen LogP contribution in [0.2, 0.25) is 0 Å². The number of carbonyl (C=O) groups excluding carboxylic acids is 2. The third-order valence-corrected chi connectivity index (χ3v) is 8.76.